The summed E-state index contributed by atoms with van der Waals surface area (Å²) in [5, 5.41) is 0.541. The molecule has 1 aliphatic heterocycles. The first-order chi connectivity index (χ1) is 8.44. The number of nitrogens with one attached hydrogen (secondary N) is 1. The Hall–Kier alpha value is -0.850. The van der Waals surface area contributed by atoms with Gasteiger partial charge in [-0.25, -0.2) is 18.4 Å². The van der Waals surface area contributed by atoms with Crippen molar-refractivity contribution in [1.82, 2.24) is 15.0 Å². The standard InChI is InChI=1S/C10H9Cl2N3O2S/c11-6-3-7-10(14-8(6)12)15-9(13-7)5-1-2-18(16,17)4-5/h3,5H,1-2,4H2,(H,13,14,15). The Kier molecular flexibility index (Phi) is 2.76. The zero-order valence-corrected chi connectivity index (χ0v) is 11.5. The summed E-state index contributed by atoms with van der Waals surface area (Å²) >= 11 is 11.7. The van der Waals surface area contributed by atoms with E-state index >= 15 is 0 Å². The summed E-state index contributed by atoms with van der Waals surface area (Å²) in [5.41, 5.74) is 1.13. The summed E-state index contributed by atoms with van der Waals surface area (Å²) in [6, 6.07) is 1.65. The number of pyridine rings is 1. The SMILES string of the molecule is O=S1(=O)CCC(c2nc3nc(Cl)c(Cl)cc3[nH]2)C1. The van der Waals surface area contributed by atoms with Crippen molar-refractivity contribution in [3.8, 4) is 0 Å². The molecule has 1 unspecified atom stereocenters. The van der Waals surface area contributed by atoms with E-state index in [-0.39, 0.29) is 22.6 Å². The third-order valence-corrected chi connectivity index (χ3v) is 5.46. The molecule has 2 aromatic rings. The third kappa shape index (κ3) is 2.08. The lowest BCUT2D eigenvalue weighted by molar-refractivity contribution is 0.601. The molecule has 1 saturated heterocycles. The first-order valence-electron chi connectivity index (χ1n) is 5.37. The van der Waals surface area contributed by atoms with Gasteiger partial charge in [-0.05, 0) is 12.5 Å². The van der Waals surface area contributed by atoms with Crippen LogP contribution in [0.2, 0.25) is 10.2 Å². The molecule has 96 valence electrons. The van der Waals surface area contributed by atoms with Gasteiger partial charge in [0.15, 0.2) is 15.5 Å². The second kappa shape index (κ2) is 4.08. The van der Waals surface area contributed by atoms with E-state index in [9.17, 15) is 8.42 Å². The minimum absolute atomic E-state index is 0.0956. The number of H-pyrrole nitrogens is 1. The molecule has 0 aliphatic carbocycles. The number of hydrogen-bond donors (Lipinski definition) is 1. The van der Waals surface area contributed by atoms with Gasteiger partial charge in [-0.1, -0.05) is 23.2 Å². The van der Waals surface area contributed by atoms with Crippen molar-refractivity contribution in [2.75, 3.05) is 11.5 Å². The van der Waals surface area contributed by atoms with Crippen LogP contribution >= 0.6 is 23.2 Å². The molecule has 3 rings (SSSR count). The average molecular weight is 306 g/mol. The van der Waals surface area contributed by atoms with Crippen LogP contribution in [0.15, 0.2) is 6.07 Å². The fraction of sp³-hybridized carbons (Fsp3) is 0.400. The van der Waals surface area contributed by atoms with E-state index in [0.717, 1.165) is 0 Å². The molecule has 1 fully saturated rings. The van der Waals surface area contributed by atoms with E-state index in [4.69, 9.17) is 23.2 Å². The lowest BCUT2D eigenvalue weighted by atomic mass is 10.1. The number of fused-ring (bicyclic) bond motifs is 1. The van der Waals surface area contributed by atoms with Crippen molar-refractivity contribution in [2.45, 2.75) is 12.3 Å². The first-order valence-corrected chi connectivity index (χ1v) is 7.94. The number of aromatic nitrogens is 3. The number of nitrogens with zero attached hydrogens (tertiary/aromatic N) is 2. The maximum Gasteiger partial charge on any atom is 0.179 e. The van der Waals surface area contributed by atoms with Gasteiger partial charge in [-0.3, -0.25) is 0 Å². The van der Waals surface area contributed by atoms with Gasteiger partial charge in [0.1, 0.15) is 11.0 Å². The number of halogens is 2. The molecule has 0 aromatic carbocycles. The van der Waals surface area contributed by atoms with Crippen molar-refractivity contribution in [1.29, 1.82) is 0 Å². The minimum Gasteiger partial charge on any atom is -0.340 e. The number of imidazole rings is 1. The van der Waals surface area contributed by atoms with E-state index in [2.05, 4.69) is 15.0 Å². The Bertz CT molecular complexity index is 687. The monoisotopic (exact) mass is 305 g/mol. The predicted octanol–water partition coefficient (Wildman–Crippen LogP) is 2.17. The molecule has 2 aromatic heterocycles. The average Bonchev–Trinajstić information content (AvgIpc) is 2.82. The molecule has 3 heterocycles. The van der Waals surface area contributed by atoms with Gasteiger partial charge in [0, 0.05) is 5.92 Å². The predicted molar refractivity (Wildman–Crippen MR) is 69.9 cm³/mol. The van der Waals surface area contributed by atoms with Crippen molar-refractivity contribution in [3.63, 3.8) is 0 Å². The van der Waals surface area contributed by atoms with Gasteiger partial charge in [-0.2, -0.15) is 0 Å². The van der Waals surface area contributed by atoms with Crippen molar-refractivity contribution in [3.05, 3.63) is 22.1 Å². The Morgan fingerprint density at radius 2 is 2.11 bits per heavy atom. The zero-order chi connectivity index (χ0) is 12.9. The third-order valence-electron chi connectivity index (χ3n) is 3.02. The van der Waals surface area contributed by atoms with Crippen LogP contribution in [0.4, 0.5) is 0 Å². The van der Waals surface area contributed by atoms with E-state index in [1.807, 2.05) is 0 Å². The number of aromatic amines is 1. The molecular weight excluding hydrogens is 297 g/mol. The van der Waals surface area contributed by atoms with E-state index in [0.29, 0.717) is 28.4 Å². The fourth-order valence-electron chi connectivity index (χ4n) is 2.12. The van der Waals surface area contributed by atoms with Gasteiger partial charge in [-0.15, -0.1) is 0 Å². The molecule has 1 N–H and O–H groups in total. The van der Waals surface area contributed by atoms with Crippen LogP contribution in [0.3, 0.4) is 0 Å². The molecule has 18 heavy (non-hydrogen) atoms. The molecule has 1 atom stereocenters. The second-order valence-corrected chi connectivity index (χ2v) is 7.35. The molecule has 0 spiro atoms. The molecule has 0 amide bonds. The summed E-state index contributed by atoms with van der Waals surface area (Å²) in [6.07, 6.45) is 0.587. The summed E-state index contributed by atoms with van der Waals surface area (Å²) in [5.74, 6) is 0.886. The Morgan fingerprint density at radius 1 is 1.33 bits per heavy atom. The summed E-state index contributed by atoms with van der Waals surface area (Å²) in [6.45, 7) is 0. The lowest BCUT2D eigenvalue weighted by Crippen LogP contribution is -2.04. The molecule has 1 aliphatic rings. The highest BCUT2D eigenvalue weighted by atomic mass is 35.5. The molecule has 5 nitrogen and oxygen atoms in total. The van der Waals surface area contributed by atoms with Gasteiger partial charge >= 0.3 is 0 Å². The maximum atomic E-state index is 11.4. The second-order valence-electron chi connectivity index (χ2n) is 4.35. The van der Waals surface area contributed by atoms with E-state index in [1.165, 1.54) is 0 Å². The van der Waals surface area contributed by atoms with Gasteiger partial charge in [0.2, 0.25) is 0 Å². The number of hydrogen-bond acceptors (Lipinski definition) is 4. The Balaban J connectivity index is 2.04. The highest BCUT2D eigenvalue weighted by Crippen LogP contribution is 2.29. The van der Waals surface area contributed by atoms with Crippen LogP contribution in [0, 0.1) is 0 Å². The summed E-state index contributed by atoms with van der Waals surface area (Å²) in [7, 11) is -2.93. The Labute approximate surface area is 113 Å². The maximum absolute atomic E-state index is 11.4. The number of rotatable bonds is 1. The Morgan fingerprint density at radius 3 is 2.78 bits per heavy atom. The van der Waals surface area contributed by atoms with Crippen molar-refractivity contribution < 1.29 is 8.42 Å². The minimum atomic E-state index is -2.93. The summed E-state index contributed by atoms with van der Waals surface area (Å²) in [4.78, 5) is 11.4. The highest BCUT2D eigenvalue weighted by molar-refractivity contribution is 7.91. The normalized spacial score (nSPS) is 22.7. The lowest BCUT2D eigenvalue weighted by Gasteiger charge is -2.00. The van der Waals surface area contributed by atoms with Crippen molar-refractivity contribution >= 4 is 44.2 Å². The van der Waals surface area contributed by atoms with Crippen LogP contribution in [0.1, 0.15) is 18.2 Å². The van der Waals surface area contributed by atoms with Gasteiger partial charge in [0.25, 0.3) is 0 Å². The van der Waals surface area contributed by atoms with Crippen molar-refractivity contribution in [2.24, 2.45) is 0 Å². The van der Waals surface area contributed by atoms with Crippen LogP contribution in [0.25, 0.3) is 11.2 Å². The van der Waals surface area contributed by atoms with E-state index < -0.39 is 9.84 Å². The van der Waals surface area contributed by atoms with E-state index in [1.54, 1.807) is 6.07 Å². The molecule has 0 bridgehead atoms. The smallest absolute Gasteiger partial charge is 0.179 e. The molecule has 0 radical (unpaired) electrons. The zero-order valence-electron chi connectivity index (χ0n) is 9.15. The van der Waals surface area contributed by atoms with Crippen LogP contribution in [0.5, 0.6) is 0 Å². The van der Waals surface area contributed by atoms with Gasteiger partial charge < -0.3 is 4.98 Å². The largest absolute Gasteiger partial charge is 0.340 e. The van der Waals surface area contributed by atoms with Crippen LogP contribution in [-0.2, 0) is 9.84 Å². The summed E-state index contributed by atoms with van der Waals surface area (Å²) < 4.78 is 22.9. The highest BCUT2D eigenvalue weighted by Gasteiger charge is 2.31. The van der Waals surface area contributed by atoms with Crippen LogP contribution in [-0.4, -0.2) is 34.9 Å². The quantitative estimate of drug-likeness (QED) is 0.819. The van der Waals surface area contributed by atoms with Gasteiger partial charge in [0.05, 0.1) is 22.0 Å². The van der Waals surface area contributed by atoms with Crippen LogP contribution < -0.4 is 0 Å². The fourth-order valence-corrected chi connectivity index (χ4v) is 4.15. The topological polar surface area (TPSA) is 75.7 Å². The first kappa shape index (κ1) is 12.2. The molecule has 0 saturated carbocycles. The number of sulfone groups is 1. The molecule has 8 heteroatoms. The molecular formula is C10H9Cl2N3O2S.